The van der Waals surface area contributed by atoms with Crippen LogP contribution in [-0.4, -0.2) is 34.8 Å². The highest BCUT2D eigenvalue weighted by molar-refractivity contribution is 6.06. The summed E-state index contributed by atoms with van der Waals surface area (Å²) in [5, 5.41) is 0. The van der Waals surface area contributed by atoms with Gasteiger partial charge in [-0.3, -0.25) is 14.5 Å². The molecule has 1 fully saturated rings. The Balaban J connectivity index is 2.68. The summed E-state index contributed by atoms with van der Waals surface area (Å²) in [4.78, 5) is 36.1. The first-order chi connectivity index (χ1) is 8.03. The van der Waals surface area contributed by atoms with Crippen LogP contribution in [0.1, 0.15) is 34.6 Å². The molecule has 0 atom stereocenters. The smallest absolute Gasteiger partial charge is 0.333 e. The number of carbonyl (C=O) groups excluding carboxylic acids is 3. The largest absolute Gasteiger partial charge is 0.452 e. The standard InChI is InChI=1S/C13H19NO4/c1-8(2)10(16)18-7-9(15)14-11(17)12(3,4)13(14,5)6/h1,7H2,2-6H3. The van der Waals surface area contributed by atoms with E-state index in [2.05, 4.69) is 6.58 Å². The fourth-order valence-electron chi connectivity index (χ4n) is 1.76. The van der Waals surface area contributed by atoms with Gasteiger partial charge in [-0.05, 0) is 34.6 Å². The van der Waals surface area contributed by atoms with Gasteiger partial charge in [0.05, 0.1) is 11.0 Å². The highest BCUT2D eigenvalue weighted by Crippen LogP contribution is 2.47. The Labute approximate surface area is 107 Å². The molecule has 1 aliphatic heterocycles. The molecule has 1 aliphatic rings. The lowest BCUT2D eigenvalue weighted by atomic mass is 9.64. The van der Waals surface area contributed by atoms with Gasteiger partial charge in [0, 0.05) is 5.57 Å². The Morgan fingerprint density at radius 1 is 1.28 bits per heavy atom. The van der Waals surface area contributed by atoms with Gasteiger partial charge >= 0.3 is 5.97 Å². The van der Waals surface area contributed by atoms with E-state index in [1.54, 1.807) is 13.8 Å². The molecule has 1 rings (SSSR count). The molecule has 5 nitrogen and oxygen atoms in total. The minimum Gasteiger partial charge on any atom is -0.452 e. The second kappa shape index (κ2) is 4.23. The average Bonchev–Trinajstić information content (AvgIpc) is 2.25. The normalized spacial score (nSPS) is 20.1. The van der Waals surface area contributed by atoms with Crippen molar-refractivity contribution in [3.05, 3.63) is 12.2 Å². The van der Waals surface area contributed by atoms with Gasteiger partial charge in [-0.2, -0.15) is 0 Å². The topological polar surface area (TPSA) is 63.7 Å². The summed E-state index contributed by atoms with van der Waals surface area (Å²) in [6.07, 6.45) is 0. The SMILES string of the molecule is C=C(C)C(=O)OCC(=O)N1C(=O)C(C)(C)C1(C)C. The Morgan fingerprint density at radius 2 is 1.78 bits per heavy atom. The van der Waals surface area contributed by atoms with Crippen molar-refractivity contribution in [2.45, 2.75) is 40.2 Å². The van der Waals surface area contributed by atoms with Crippen LogP contribution in [0.3, 0.4) is 0 Å². The van der Waals surface area contributed by atoms with E-state index in [-0.39, 0.29) is 11.5 Å². The quantitative estimate of drug-likeness (QED) is 0.432. The van der Waals surface area contributed by atoms with Crippen molar-refractivity contribution in [1.29, 1.82) is 0 Å². The van der Waals surface area contributed by atoms with Crippen LogP contribution in [0.15, 0.2) is 12.2 Å². The maximum absolute atomic E-state index is 11.9. The van der Waals surface area contributed by atoms with Gasteiger partial charge in [0.15, 0.2) is 6.61 Å². The van der Waals surface area contributed by atoms with Crippen LogP contribution in [0.5, 0.6) is 0 Å². The van der Waals surface area contributed by atoms with Crippen LogP contribution < -0.4 is 0 Å². The van der Waals surface area contributed by atoms with Crippen LogP contribution in [0, 0.1) is 5.41 Å². The van der Waals surface area contributed by atoms with Crippen LogP contribution >= 0.6 is 0 Å². The van der Waals surface area contributed by atoms with E-state index < -0.39 is 29.4 Å². The maximum atomic E-state index is 11.9. The van der Waals surface area contributed by atoms with E-state index in [9.17, 15) is 14.4 Å². The molecule has 0 spiro atoms. The third-order valence-corrected chi connectivity index (χ3v) is 3.75. The Hall–Kier alpha value is -1.65. The molecule has 0 aromatic heterocycles. The van der Waals surface area contributed by atoms with E-state index >= 15 is 0 Å². The zero-order valence-corrected chi connectivity index (χ0v) is 11.5. The number of esters is 1. The molecule has 0 saturated carbocycles. The number of carbonyl (C=O) groups is 3. The maximum Gasteiger partial charge on any atom is 0.333 e. The molecule has 0 aromatic rings. The molecule has 0 radical (unpaired) electrons. The number of rotatable bonds is 3. The van der Waals surface area contributed by atoms with Gasteiger partial charge in [0.25, 0.3) is 5.91 Å². The second-order valence-corrected chi connectivity index (χ2v) is 5.57. The Bertz CT molecular complexity index is 434. The molecular formula is C13H19NO4. The molecule has 5 heteroatoms. The number of hydrogen-bond donors (Lipinski definition) is 0. The molecule has 2 amide bonds. The first-order valence-electron chi connectivity index (χ1n) is 5.73. The predicted octanol–water partition coefficient (Wildman–Crippen LogP) is 1.28. The van der Waals surface area contributed by atoms with E-state index in [1.165, 1.54) is 6.92 Å². The van der Waals surface area contributed by atoms with Gasteiger partial charge in [0.2, 0.25) is 5.91 Å². The molecule has 0 bridgehead atoms. The number of ether oxygens (including phenoxy) is 1. The van der Waals surface area contributed by atoms with Gasteiger partial charge in [-0.25, -0.2) is 4.79 Å². The highest BCUT2D eigenvalue weighted by atomic mass is 16.5. The van der Waals surface area contributed by atoms with Crippen molar-refractivity contribution in [2.75, 3.05) is 6.61 Å². The second-order valence-electron chi connectivity index (χ2n) is 5.57. The Morgan fingerprint density at radius 3 is 2.17 bits per heavy atom. The monoisotopic (exact) mass is 253 g/mol. The summed E-state index contributed by atoms with van der Waals surface area (Å²) in [7, 11) is 0. The highest BCUT2D eigenvalue weighted by Gasteiger charge is 2.62. The van der Waals surface area contributed by atoms with E-state index in [0.29, 0.717) is 0 Å². The van der Waals surface area contributed by atoms with Gasteiger partial charge in [0.1, 0.15) is 0 Å². The molecule has 0 N–H and O–H groups in total. The van der Waals surface area contributed by atoms with Gasteiger partial charge in [-0.1, -0.05) is 6.58 Å². The van der Waals surface area contributed by atoms with Crippen LogP contribution in [0.4, 0.5) is 0 Å². The van der Waals surface area contributed by atoms with Crippen LogP contribution in [0.2, 0.25) is 0 Å². The first kappa shape index (κ1) is 14.4. The number of nitrogens with zero attached hydrogens (tertiary/aromatic N) is 1. The van der Waals surface area contributed by atoms with Gasteiger partial charge < -0.3 is 4.74 Å². The summed E-state index contributed by atoms with van der Waals surface area (Å²) >= 11 is 0. The van der Waals surface area contributed by atoms with E-state index in [1.807, 2.05) is 13.8 Å². The van der Waals surface area contributed by atoms with Crippen molar-refractivity contribution in [2.24, 2.45) is 5.41 Å². The average molecular weight is 253 g/mol. The zero-order valence-electron chi connectivity index (χ0n) is 11.5. The number of β-lactam (4-membered cyclic amide) rings is 1. The number of likely N-dealkylation sites (tertiary alicyclic amines) is 1. The minimum atomic E-state index is -0.631. The summed E-state index contributed by atoms with van der Waals surface area (Å²) in [5.74, 6) is -1.38. The zero-order chi connectivity index (χ0) is 14.3. The molecule has 0 unspecified atom stereocenters. The third kappa shape index (κ3) is 1.94. The molecular weight excluding hydrogens is 234 g/mol. The summed E-state index contributed by atoms with van der Waals surface area (Å²) in [6, 6.07) is 0. The first-order valence-corrected chi connectivity index (χ1v) is 5.73. The van der Waals surface area contributed by atoms with Crippen molar-refractivity contribution < 1.29 is 19.1 Å². The minimum absolute atomic E-state index is 0.220. The summed E-state index contributed by atoms with van der Waals surface area (Å²) < 4.78 is 4.75. The third-order valence-electron chi connectivity index (χ3n) is 3.75. The predicted molar refractivity (Wildman–Crippen MR) is 65.5 cm³/mol. The fourth-order valence-corrected chi connectivity index (χ4v) is 1.76. The van der Waals surface area contributed by atoms with Crippen molar-refractivity contribution in [3.63, 3.8) is 0 Å². The lowest BCUT2D eigenvalue weighted by Crippen LogP contribution is -2.75. The molecule has 0 aliphatic carbocycles. The molecule has 0 aromatic carbocycles. The lowest BCUT2D eigenvalue weighted by Gasteiger charge is -2.58. The number of imide groups is 1. The van der Waals surface area contributed by atoms with E-state index in [0.717, 1.165) is 4.90 Å². The number of amides is 2. The van der Waals surface area contributed by atoms with E-state index in [4.69, 9.17) is 4.74 Å². The van der Waals surface area contributed by atoms with Crippen molar-refractivity contribution >= 4 is 17.8 Å². The fraction of sp³-hybridized carbons (Fsp3) is 0.615. The van der Waals surface area contributed by atoms with Crippen LogP contribution in [-0.2, 0) is 19.1 Å². The Kier molecular flexibility index (Phi) is 3.38. The van der Waals surface area contributed by atoms with Crippen molar-refractivity contribution in [1.82, 2.24) is 4.90 Å². The molecule has 100 valence electrons. The van der Waals surface area contributed by atoms with Crippen LogP contribution in [0.25, 0.3) is 0 Å². The van der Waals surface area contributed by atoms with Crippen molar-refractivity contribution in [3.8, 4) is 0 Å². The molecule has 1 saturated heterocycles. The molecule has 1 heterocycles. The number of hydrogen-bond acceptors (Lipinski definition) is 4. The van der Waals surface area contributed by atoms with Gasteiger partial charge in [-0.15, -0.1) is 0 Å². The summed E-state index contributed by atoms with van der Waals surface area (Å²) in [5.41, 5.74) is -0.935. The lowest BCUT2D eigenvalue weighted by molar-refractivity contribution is -0.190. The molecule has 18 heavy (non-hydrogen) atoms. The summed E-state index contributed by atoms with van der Waals surface area (Å²) in [6.45, 7) is 11.7.